The number of hydrogen-bond donors (Lipinski definition) is 0. The van der Waals surface area contributed by atoms with Crippen molar-refractivity contribution in [2.45, 2.75) is 0 Å². The quantitative estimate of drug-likeness (QED) is 0.156. The van der Waals surface area contributed by atoms with Gasteiger partial charge in [-0.3, -0.25) is 13.7 Å². The van der Waals surface area contributed by atoms with E-state index in [2.05, 4.69) is 415 Å². The van der Waals surface area contributed by atoms with Gasteiger partial charge in [0, 0.05) is 139 Å². The Hall–Kier alpha value is -18.5. The van der Waals surface area contributed by atoms with Crippen LogP contribution in [-0.2, 0) is 0 Å². The average molecular weight is 1830 g/mol. The second kappa shape index (κ2) is 29.0. The summed E-state index contributed by atoms with van der Waals surface area (Å²) in [6.07, 6.45) is 0. The number of thiophene rings is 2. The predicted molar refractivity (Wildman–Crippen MR) is 588 cm³/mol. The summed E-state index contributed by atoms with van der Waals surface area (Å²) in [5.74, 6) is 4.75. The molecule has 34 aromatic rings. The smallest absolute Gasteiger partial charge is 0.233 e. The Balaban J connectivity index is 0.0000000956. The van der Waals surface area contributed by atoms with Gasteiger partial charge in [0.25, 0.3) is 0 Å². The number of rotatable bonds is 7. The Bertz CT molecular complexity index is 10900. The van der Waals surface area contributed by atoms with Crippen molar-refractivity contribution in [2.24, 2.45) is 0 Å². The van der Waals surface area contributed by atoms with Gasteiger partial charge in [-0.2, -0.15) is 4.98 Å². The van der Waals surface area contributed by atoms with E-state index in [1.54, 1.807) is 22.7 Å². The lowest BCUT2D eigenvalue weighted by Crippen LogP contribution is -2.02. The van der Waals surface area contributed by atoms with Crippen LogP contribution in [0.3, 0.4) is 0 Å². The van der Waals surface area contributed by atoms with E-state index in [0.717, 1.165) is 105 Å². The lowest BCUT2D eigenvalue weighted by Gasteiger charge is -2.12. The molecule has 0 radical (unpaired) electrons. The first-order valence-electron chi connectivity index (χ1n) is 47.6. The minimum atomic E-state index is 0.581. The normalized spacial score (nSPS) is 12.4. The highest BCUT2D eigenvalue weighted by atomic mass is 32.1. The molecule has 34 rings (SSSR count). The minimum Gasteiger partial charge on any atom is -0.437 e. The number of fused-ring (bicyclic) bond motifs is 39. The second-order valence-corrected chi connectivity index (χ2v) is 39.0. The maximum Gasteiger partial charge on any atom is 0.233 e. The Morgan fingerprint density at radius 2 is 0.433 bits per heavy atom. The SMILES string of the molecule is c1ccc(-c2ccc(-c3nc(-n4c5ccccc5c5cc6c7ccccc7n7c8ccccc8c(c54)c67)c4c(n3)sc3ccccc34)cc2)cc1.c1ccc(-c2nc(-n3c4ccccc4c4cc5c6ccccc6n6c7ccccc7c(c43)c56)c3c(n2)oc2ccccc23)cc1.c1ccc(-c2nc(-n3c4ccccc4c4cc5c6ccccc6n6c7ccccc7c(c43)c56)c3c(n2)sc2ccccc23)cc1. The van der Waals surface area contributed by atoms with E-state index in [-0.39, 0.29) is 0 Å². The van der Waals surface area contributed by atoms with Crippen molar-refractivity contribution in [1.82, 2.24) is 56.8 Å². The zero-order valence-corrected chi connectivity index (χ0v) is 76.6. The predicted octanol–water partition coefficient (Wildman–Crippen LogP) is 33.5. The molecule has 15 heterocycles. The fourth-order valence-electron chi connectivity index (χ4n) is 23.8. The van der Waals surface area contributed by atoms with E-state index in [4.69, 9.17) is 34.3 Å². The third-order valence-corrected chi connectivity index (χ3v) is 31.8. The van der Waals surface area contributed by atoms with E-state index in [9.17, 15) is 0 Å². The zero-order chi connectivity index (χ0) is 91.7. The molecule has 0 saturated heterocycles. The lowest BCUT2D eigenvalue weighted by atomic mass is 10.0. The number of nitrogens with zero attached hydrogens (tertiary/aromatic N) is 12. The van der Waals surface area contributed by atoms with Gasteiger partial charge in [-0.15, -0.1) is 22.7 Å². The second-order valence-electron chi connectivity index (χ2n) is 36.9. The highest BCUT2D eigenvalue weighted by Gasteiger charge is 2.33. The summed E-state index contributed by atoms with van der Waals surface area (Å²) in [5, 5.41) is 28.9. The van der Waals surface area contributed by atoms with Crippen LogP contribution in [0.25, 0.3) is 305 Å². The van der Waals surface area contributed by atoms with Crippen molar-refractivity contribution in [3.63, 3.8) is 0 Å². The summed E-state index contributed by atoms with van der Waals surface area (Å²) >= 11 is 3.48. The highest BCUT2D eigenvalue weighted by molar-refractivity contribution is 7.26. The molecule has 652 valence electrons. The summed E-state index contributed by atoms with van der Waals surface area (Å²) < 4.78 is 23.5. The first-order valence-corrected chi connectivity index (χ1v) is 49.3. The van der Waals surface area contributed by atoms with Gasteiger partial charge in [-0.25, -0.2) is 24.9 Å². The van der Waals surface area contributed by atoms with Gasteiger partial charge in [0.1, 0.15) is 15.2 Å². The molecule has 141 heavy (non-hydrogen) atoms. The largest absolute Gasteiger partial charge is 0.437 e. The molecule has 0 fully saturated rings. The first-order chi connectivity index (χ1) is 70.0. The van der Waals surface area contributed by atoms with Gasteiger partial charge in [0.2, 0.25) is 5.71 Å². The maximum atomic E-state index is 6.44. The molecule has 0 bridgehead atoms. The fourth-order valence-corrected chi connectivity index (χ4v) is 26.0. The Morgan fingerprint density at radius 1 is 0.177 bits per heavy atom. The van der Waals surface area contributed by atoms with Crippen LogP contribution >= 0.6 is 22.7 Å². The molecular formula is C126H70N12OS2. The lowest BCUT2D eigenvalue weighted by molar-refractivity contribution is 0.653. The molecule has 0 unspecified atom stereocenters. The molecule has 0 spiro atoms. The number of para-hydroxylation sites is 10. The van der Waals surface area contributed by atoms with Crippen LogP contribution in [0.2, 0.25) is 0 Å². The number of aromatic nitrogens is 12. The summed E-state index contributed by atoms with van der Waals surface area (Å²) in [6, 6.07) is 151. The van der Waals surface area contributed by atoms with Crippen LogP contribution in [0.15, 0.2) is 429 Å². The van der Waals surface area contributed by atoms with Gasteiger partial charge in [0.05, 0.1) is 98.9 Å². The average Bonchev–Trinajstić information content (AvgIpc) is 1.52. The fraction of sp³-hybridized carbons (Fsp3) is 0. The van der Waals surface area contributed by atoms with Crippen LogP contribution in [0.1, 0.15) is 0 Å². The van der Waals surface area contributed by atoms with Gasteiger partial charge in [-0.05, 0) is 102 Å². The molecule has 15 heteroatoms. The highest BCUT2D eigenvalue weighted by Crippen LogP contribution is 2.54. The van der Waals surface area contributed by atoms with Crippen LogP contribution in [0.5, 0.6) is 0 Å². The molecule has 15 aromatic heterocycles. The zero-order valence-electron chi connectivity index (χ0n) is 75.0. The van der Waals surface area contributed by atoms with Crippen molar-refractivity contribution < 1.29 is 4.42 Å². The third-order valence-electron chi connectivity index (χ3n) is 29.6. The summed E-state index contributed by atoms with van der Waals surface area (Å²) in [7, 11) is 0. The van der Waals surface area contributed by atoms with Gasteiger partial charge in [0.15, 0.2) is 34.9 Å². The number of hydrogen-bond acceptors (Lipinski definition) is 9. The standard InChI is InChI=1S/C46H26N4S.C40H22N4O.C40H22N4S/c1-2-12-27(13-3-1)28-22-24-29(25-23-28)44-47-45(41-33-17-7-11-21-39(33)51-46(41)48-44)50-37-19-9-5-15-31(37)35-26-34-30-14-4-8-18-36(30)49-38-20-10-6-16-32(38)40(42(34)49)43(35)50;2*1-2-12-23(13-3-1)38-41-39(35-27-17-7-11-21-33(27)45-40(35)42-38)44-31-19-9-5-15-25(31)29-22-28-24-14-4-8-18-30(24)43-32-20-10-6-16-26(32)34(36(28)43)37(29)44/h1-26H;2*1-22H. The van der Waals surface area contributed by atoms with Crippen LogP contribution < -0.4 is 0 Å². The van der Waals surface area contributed by atoms with Crippen LogP contribution in [0, 0.1) is 0 Å². The molecule has 0 aliphatic heterocycles. The number of benzene rings is 19. The van der Waals surface area contributed by atoms with Crippen LogP contribution in [-0.4, -0.2) is 56.8 Å². The van der Waals surface area contributed by atoms with Crippen LogP contribution in [0.4, 0.5) is 0 Å². The van der Waals surface area contributed by atoms with Crippen molar-refractivity contribution in [3.05, 3.63) is 425 Å². The van der Waals surface area contributed by atoms with Crippen molar-refractivity contribution in [1.29, 1.82) is 0 Å². The van der Waals surface area contributed by atoms with E-state index in [0.29, 0.717) is 11.5 Å². The van der Waals surface area contributed by atoms with E-state index >= 15 is 0 Å². The van der Waals surface area contributed by atoms with Crippen molar-refractivity contribution >= 4 is 265 Å². The summed E-state index contributed by atoms with van der Waals surface area (Å²) in [4.78, 5) is 33.8. The summed E-state index contributed by atoms with van der Waals surface area (Å²) in [5.41, 5.74) is 24.7. The molecule has 0 aliphatic carbocycles. The molecule has 0 atom stereocenters. The van der Waals surface area contributed by atoms with Crippen molar-refractivity contribution in [2.75, 3.05) is 0 Å². The first kappa shape index (κ1) is 76.7. The molecule has 0 N–H and O–H groups in total. The maximum absolute atomic E-state index is 6.44. The monoisotopic (exact) mass is 1830 g/mol. The minimum absolute atomic E-state index is 0.581. The Morgan fingerprint density at radius 3 is 0.809 bits per heavy atom. The van der Waals surface area contributed by atoms with Gasteiger partial charge in [-0.1, -0.05) is 334 Å². The molecule has 13 nitrogen and oxygen atoms in total. The topological polar surface area (TPSA) is 119 Å². The summed E-state index contributed by atoms with van der Waals surface area (Å²) in [6.45, 7) is 0. The van der Waals surface area contributed by atoms with Gasteiger partial charge >= 0.3 is 0 Å². The molecular weight excluding hydrogens is 1760 g/mol. The Labute approximate surface area is 807 Å². The van der Waals surface area contributed by atoms with E-state index in [1.807, 2.05) is 36.4 Å². The molecule has 19 aromatic carbocycles. The molecule has 0 saturated carbocycles. The Kier molecular flexibility index (Phi) is 15.8. The van der Waals surface area contributed by atoms with Gasteiger partial charge < -0.3 is 17.6 Å². The molecule has 0 amide bonds. The molecule has 0 aliphatic rings. The number of furan rings is 1. The van der Waals surface area contributed by atoms with Crippen molar-refractivity contribution in [3.8, 4) is 62.7 Å². The van der Waals surface area contributed by atoms with E-state index < -0.39 is 0 Å². The van der Waals surface area contributed by atoms with E-state index in [1.165, 1.54) is 189 Å². The third kappa shape index (κ3) is 10.6.